The van der Waals surface area contributed by atoms with Crippen LogP contribution in [0.4, 0.5) is 4.39 Å². The summed E-state index contributed by atoms with van der Waals surface area (Å²) in [5.41, 5.74) is 3.38. The van der Waals surface area contributed by atoms with Gasteiger partial charge >= 0.3 is 0 Å². The molecule has 4 rings (SSSR count). The van der Waals surface area contributed by atoms with Crippen LogP contribution in [0, 0.1) is 11.7 Å². The molecule has 6 heteroatoms. The van der Waals surface area contributed by atoms with E-state index in [1.54, 1.807) is 0 Å². The molecule has 1 fully saturated rings. The third-order valence-electron chi connectivity index (χ3n) is 6.66. The van der Waals surface area contributed by atoms with Crippen LogP contribution in [0.25, 0.3) is 0 Å². The van der Waals surface area contributed by atoms with E-state index in [0.29, 0.717) is 32.5 Å². The summed E-state index contributed by atoms with van der Waals surface area (Å²) < 4.78 is 13.2. The Kier molecular flexibility index (Phi) is 7.43. The van der Waals surface area contributed by atoms with Crippen LogP contribution in [0.2, 0.25) is 0 Å². The van der Waals surface area contributed by atoms with E-state index in [9.17, 15) is 14.0 Å². The molecular formula is C27H34FN3O2. The average molecular weight is 452 g/mol. The number of carbonyl (C=O) groups excluding carboxylic acids is 2. The standard InChI is InChI=1S/C27H34FN3O2/c1-20(2)16-26(32)31-19-23-7-4-3-6-22(23)17-25(31)27(33)30-13-5-12-29(14-15-30)18-21-8-10-24(28)11-9-21/h3-4,6-11,20,25H,5,12-19H2,1-2H3. The molecule has 2 aromatic rings. The molecule has 2 aliphatic rings. The summed E-state index contributed by atoms with van der Waals surface area (Å²) in [5, 5.41) is 0. The van der Waals surface area contributed by atoms with Crippen LogP contribution in [0.1, 0.15) is 43.4 Å². The lowest BCUT2D eigenvalue weighted by molar-refractivity contribution is -0.147. The molecule has 5 nitrogen and oxygen atoms in total. The highest BCUT2D eigenvalue weighted by Crippen LogP contribution is 2.26. The van der Waals surface area contributed by atoms with E-state index in [1.165, 1.54) is 12.1 Å². The van der Waals surface area contributed by atoms with Crippen molar-refractivity contribution in [1.82, 2.24) is 14.7 Å². The highest BCUT2D eigenvalue weighted by Gasteiger charge is 2.37. The second kappa shape index (κ2) is 10.5. The van der Waals surface area contributed by atoms with Crippen LogP contribution in [0.15, 0.2) is 48.5 Å². The molecule has 2 aromatic carbocycles. The first-order valence-corrected chi connectivity index (χ1v) is 12.0. The van der Waals surface area contributed by atoms with Crippen LogP contribution in [0.3, 0.4) is 0 Å². The van der Waals surface area contributed by atoms with Crippen molar-refractivity contribution >= 4 is 11.8 Å². The van der Waals surface area contributed by atoms with Crippen molar-refractivity contribution in [2.45, 2.75) is 52.2 Å². The minimum absolute atomic E-state index is 0.0604. The van der Waals surface area contributed by atoms with Crippen molar-refractivity contribution in [2.24, 2.45) is 5.92 Å². The highest BCUT2D eigenvalue weighted by atomic mass is 19.1. The third-order valence-corrected chi connectivity index (χ3v) is 6.66. The lowest BCUT2D eigenvalue weighted by Crippen LogP contribution is -2.54. The van der Waals surface area contributed by atoms with Crippen LogP contribution in [-0.4, -0.2) is 58.7 Å². The van der Waals surface area contributed by atoms with Crippen molar-refractivity contribution in [1.29, 1.82) is 0 Å². The van der Waals surface area contributed by atoms with Crippen LogP contribution < -0.4 is 0 Å². The Balaban J connectivity index is 1.45. The van der Waals surface area contributed by atoms with Gasteiger partial charge in [-0.3, -0.25) is 14.5 Å². The zero-order valence-electron chi connectivity index (χ0n) is 19.7. The number of rotatable bonds is 5. The monoisotopic (exact) mass is 451 g/mol. The molecule has 0 spiro atoms. The second-order valence-electron chi connectivity index (χ2n) is 9.69. The number of carbonyl (C=O) groups is 2. The maximum absolute atomic E-state index is 13.7. The fourth-order valence-electron chi connectivity index (χ4n) is 4.88. The van der Waals surface area contributed by atoms with Crippen LogP contribution >= 0.6 is 0 Å². The smallest absolute Gasteiger partial charge is 0.245 e. The van der Waals surface area contributed by atoms with E-state index in [0.717, 1.165) is 42.7 Å². The Morgan fingerprint density at radius 2 is 1.70 bits per heavy atom. The first-order chi connectivity index (χ1) is 15.9. The van der Waals surface area contributed by atoms with Gasteiger partial charge in [0.05, 0.1) is 0 Å². The zero-order valence-corrected chi connectivity index (χ0v) is 19.7. The third kappa shape index (κ3) is 5.80. The van der Waals surface area contributed by atoms with Crippen LogP contribution in [0.5, 0.6) is 0 Å². The molecule has 2 amide bonds. The average Bonchev–Trinajstić information content (AvgIpc) is 3.04. The number of amides is 2. The van der Waals surface area contributed by atoms with Gasteiger partial charge in [-0.2, -0.15) is 0 Å². The predicted octanol–water partition coefficient (Wildman–Crippen LogP) is 3.86. The Morgan fingerprint density at radius 1 is 0.970 bits per heavy atom. The van der Waals surface area contributed by atoms with Crippen molar-refractivity contribution in [3.05, 3.63) is 71.0 Å². The van der Waals surface area contributed by atoms with Gasteiger partial charge in [0.1, 0.15) is 11.9 Å². The maximum Gasteiger partial charge on any atom is 0.245 e. The molecule has 0 bridgehead atoms. The zero-order chi connectivity index (χ0) is 23.4. The Hall–Kier alpha value is -2.73. The topological polar surface area (TPSA) is 43.9 Å². The molecule has 176 valence electrons. The minimum Gasteiger partial charge on any atom is -0.340 e. The molecule has 1 saturated heterocycles. The maximum atomic E-state index is 13.7. The summed E-state index contributed by atoms with van der Waals surface area (Å²) in [7, 11) is 0. The van der Waals surface area contributed by atoms with Crippen molar-refractivity contribution < 1.29 is 14.0 Å². The van der Waals surface area contributed by atoms with Gasteiger partial charge in [-0.1, -0.05) is 50.2 Å². The second-order valence-corrected chi connectivity index (χ2v) is 9.69. The first kappa shape index (κ1) is 23.4. The van der Waals surface area contributed by atoms with E-state index >= 15 is 0 Å². The normalized spacial score (nSPS) is 19.3. The molecule has 0 N–H and O–H groups in total. The molecule has 0 aliphatic carbocycles. The first-order valence-electron chi connectivity index (χ1n) is 12.0. The van der Waals surface area contributed by atoms with E-state index in [1.807, 2.05) is 47.9 Å². The summed E-state index contributed by atoms with van der Waals surface area (Å²) in [6.45, 7) is 8.33. The molecule has 1 unspecified atom stereocenters. The molecule has 0 aromatic heterocycles. The van der Waals surface area contributed by atoms with E-state index in [2.05, 4.69) is 17.0 Å². The molecule has 0 radical (unpaired) electrons. The van der Waals surface area contributed by atoms with Gasteiger partial charge in [0, 0.05) is 52.1 Å². The Morgan fingerprint density at radius 3 is 2.42 bits per heavy atom. The van der Waals surface area contributed by atoms with Crippen molar-refractivity contribution in [2.75, 3.05) is 26.2 Å². The number of hydrogen-bond acceptors (Lipinski definition) is 3. The van der Waals surface area contributed by atoms with Gasteiger partial charge in [0.2, 0.25) is 11.8 Å². The molecule has 2 heterocycles. The summed E-state index contributed by atoms with van der Waals surface area (Å²) in [6, 6.07) is 14.3. The molecule has 1 atom stereocenters. The molecule has 2 aliphatic heterocycles. The van der Waals surface area contributed by atoms with Crippen molar-refractivity contribution in [3.63, 3.8) is 0 Å². The summed E-state index contributed by atoms with van der Waals surface area (Å²) >= 11 is 0. The fraction of sp³-hybridized carbons (Fsp3) is 0.481. The number of nitrogens with zero attached hydrogens (tertiary/aromatic N) is 3. The van der Waals surface area contributed by atoms with E-state index < -0.39 is 6.04 Å². The molecule has 0 saturated carbocycles. The lowest BCUT2D eigenvalue weighted by atomic mass is 9.92. The number of benzene rings is 2. The quantitative estimate of drug-likeness (QED) is 0.694. The van der Waals surface area contributed by atoms with Crippen molar-refractivity contribution in [3.8, 4) is 0 Å². The van der Waals surface area contributed by atoms with E-state index in [4.69, 9.17) is 0 Å². The summed E-state index contributed by atoms with van der Waals surface area (Å²) in [5.74, 6) is 0.150. The fourth-order valence-corrected chi connectivity index (χ4v) is 4.88. The van der Waals surface area contributed by atoms with Gasteiger partial charge in [-0.05, 0) is 41.2 Å². The minimum atomic E-state index is -0.435. The van der Waals surface area contributed by atoms with E-state index in [-0.39, 0.29) is 23.5 Å². The number of hydrogen-bond donors (Lipinski definition) is 0. The molecule has 33 heavy (non-hydrogen) atoms. The molecular weight excluding hydrogens is 417 g/mol. The summed E-state index contributed by atoms with van der Waals surface area (Å²) in [4.78, 5) is 32.8. The lowest BCUT2D eigenvalue weighted by Gasteiger charge is -2.39. The van der Waals surface area contributed by atoms with Gasteiger partial charge in [0.15, 0.2) is 0 Å². The van der Waals surface area contributed by atoms with Gasteiger partial charge < -0.3 is 9.80 Å². The summed E-state index contributed by atoms with van der Waals surface area (Å²) in [6.07, 6.45) is 1.92. The number of fused-ring (bicyclic) bond motifs is 1. The van der Waals surface area contributed by atoms with Gasteiger partial charge in [-0.15, -0.1) is 0 Å². The highest BCUT2D eigenvalue weighted by molar-refractivity contribution is 5.88. The van der Waals surface area contributed by atoms with Gasteiger partial charge in [0.25, 0.3) is 0 Å². The number of halogens is 1. The van der Waals surface area contributed by atoms with Crippen LogP contribution in [-0.2, 0) is 29.1 Å². The Bertz CT molecular complexity index is 976. The predicted molar refractivity (Wildman–Crippen MR) is 127 cm³/mol. The largest absolute Gasteiger partial charge is 0.340 e. The Labute approximate surface area is 196 Å². The van der Waals surface area contributed by atoms with Gasteiger partial charge in [-0.25, -0.2) is 4.39 Å². The SMILES string of the molecule is CC(C)CC(=O)N1Cc2ccccc2CC1C(=O)N1CCCN(Cc2ccc(F)cc2)CC1.